The topological polar surface area (TPSA) is 52.0 Å². The minimum absolute atomic E-state index is 0.0745. The summed E-state index contributed by atoms with van der Waals surface area (Å²) < 4.78 is 14.8. The number of aromatic nitrogens is 2. The van der Waals surface area contributed by atoms with E-state index in [-0.39, 0.29) is 30.0 Å². The zero-order valence-corrected chi connectivity index (χ0v) is 13.5. The maximum atomic E-state index is 13.6. The number of hydrogen-bond acceptors (Lipinski definition) is 3. The van der Waals surface area contributed by atoms with Crippen LogP contribution in [-0.2, 0) is 24.7 Å². The second kappa shape index (κ2) is 6.35. The number of hydrogen-bond donors (Lipinski definition) is 0. The van der Waals surface area contributed by atoms with Crippen molar-refractivity contribution in [2.24, 2.45) is 7.05 Å². The van der Waals surface area contributed by atoms with Crippen molar-refractivity contribution >= 4 is 16.6 Å². The number of carbonyl (C=O) groups excluding carboxylic acids is 1. The van der Waals surface area contributed by atoms with Crippen molar-refractivity contribution in [2.75, 3.05) is 0 Å². The molecular weight excluding hydrogens is 307 g/mol. The van der Waals surface area contributed by atoms with Gasteiger partial charge in [0.15, 0.2) is 0 Å². The highest BCUT2D eigenvalue weighted by molar-refractivity contribution is 5.89. The quantitative estimate of drug-likeness (QED) is 0.741. The number of ketones is 1. The molecule has 0 spiro atoms. The number of aryl methyl sites for hydroxylation is 2. The van der Waals surface area contributed by atoms with E-state index in [1.165, 1.54) is 10.7 Å². The fourth-order valence-corrected chi connectivity index (χ4v) is 2.73. The molecule has 0 unspecified atom stereocenters. The molecule has 0 fully saturated rings. The third-order valence-electron chi connectivity index (χ3n) is 4.04. The van der Waals surface area contributed by atoms with E-state index in [0.29, 0.717) is 27.6 Å². The zero-order chi connectivity index (χ0) is 17.3. The Hall–Kier alpha value is -2.82. The molecule has 0 atom stereocenters. The van der Waals surface area contributed by atoms with E-state index in [1.807, 2.05) is 6.07 Å². The van der Waals surface area contributed by atoms with E-state index >= 15 is 0 Å². The Bertz CT molecular complexity index is 992. The molecule has 0 amide bonds. The Morgan fingerprint density at radius 3 is 2.54 bits per heavy atom. The smallest absolute Gasteiger partial charge is 0.274 e. The Morgan fingerprint density at radius 1 is 1.12 bits per heavy atom. The summed E-state index contributed by atoms with van der Waals surface area (Å²) in [5, 5.41) is 5.45. The lowest BCUT2D eigenvalue weighted by Crippen LogP contribution is -2.22. The van der Waals surface area contributed by atoms with Crippen LogP contribution in [0, 0.1) is 12.7 Å². The molecule has 3 rings (SSSR count). The van der Waals surface area contributed by atoms with Crippen LogP contribution in [0.15, 0.2) is 47.3 Å². The van der Waals surface area contributed by atoms with Crippen LogP contribution in [0.1, 0.15) is 16.8 Å². The van der Waals surface area contributed by atoms with Crippen molar-refractivity contribution in [3.05, 3.63) is 75.5 Å². The van der Waals surface area contributed by atoms with Crippen LogP contribution in [0.2, 0.25) is 0 Å². The van der Waals surface area contributed by atoms with E-state index in [2.05, 4.69) is 5.10 Å². The van der Waals surface area contributed by atoms with Crippen LogP contribution < -0.4 is 5.56 Å². The second-order valence-corrected chi connectivity index (χ2v) is 5.90. The average molecular weight is 324 g/mol. The van der Waals surface area contributed by atoms with Crippen molar-refractivity contribution in [3.8, 4) is 0 Å². The van der Waals surface area contributed by atoms with Crippen molar-refractivity contribution in [2.45, 2.75) is 19.8 Å². The number of fused-ring (bicyclic) bond motifs is 1. The van der Waals surface area contributed by atoms with Crippen LogP contribution in [0.5, 0.6) is 0 Å². The van der Waals surface area contributed by atoms with Gasteiger partial charge >= 0.3 is 0 Å². The minimum Gasteiger partial charge on any atom is -0.299 e. The van der Waals surface area contributed by atoms with E-state index in [0.717, 1.165) is 0 Å². The van der Waals surface area contributed by atoms with E-state index in [9.17, 15) is 14.0 Å². The number of nitrogens with zero attached hydrogens (tertiary/aromatic N) is 2. The lowest BCUT2D eigenvalue weighted by atomic mass is 10.0. The maximum absolute atomic E-state index is 13.6. The van der Waals surface area contributed by atoms with Gasteiger partial charge in [-0.1, -0.05) is 30.3 Å². The number of halogens is 1. The molecule has 4 nitrogen and oxygen atoms in total. The van der Waals surface area contributed by atoms with Crippen LogP contribution in [0.25, 0.3) is 10.8 Å². The highest BCUT2D eigenvalue weighted by atomic mass is 19.1. The summed E-state index contributed by atoms with van der Waals surface area (Å²) in [6.07, 6.45) is 0.236. The summed E-state index contributed by atoms with van der Waals surface area (Å²) in [6, 6.07) is 11.9. The lowest BCUT2D eigenvalue weighted by Gasteiger charge is -2.08. The van der Waals surface area contributed by atoms with Crippen molar-refractivity contribution < 1.29 is 9.18 Å². The standard InChI is InChI=1S/C19H17FN2O2/c1-12-7-8-13(10-17(12)20)9-14(23)11-18-15-5-3-4-6-16(15)19(24)22(2)21-18/h3-8,10H,9,11H2,1-2H3. The van der Waals surface area contributed by atoms with Gasteiger partial charge in [-0.05, 0) is 30.2 Å². The first kappa shape index (κ1) is 16.1. The maximum Gasteiger partial charge on any atom is 0.274 e. The third kappa shape index (κ3) is 3.11. The van der Waals surface area contributed by atoms with Gasteiger partial charge in [-0.2, -0.15) is 5.10 Å². The SMILES string of the molecule is Cc1ccc(CC(=O)Cc2nn(C)c(=O)c3ccccc23)cc1F. The van der Waals surface area contributed by atoms with Gasteiger partial charge in [0, 0.05) is 18.9 Å². The molecule has 24 heavy (non-hydrogen) atoms. The van der Waals surface area contributed by atoms with Gasteiger partial charge in [0.05, 0.1) is 17.5 Å². The molecule has 5 heteroatoms. The van der Waals surface area contributed by atoms with Gasteiger partial charge in [0.1, 0.15) is 11.6 Å². The molecule has 0 aliphatic heterocycles. The van der Waals surface area contributed by atoms with E-state index in [4.69, 9.17) is 0 Å². The monoisotopic (exact) mass is 324 g/mol. The summed E-state index contributed by atoms with van der Waals surface area (Å²) in [6.45, 7) is 1.68. The van der Waals surface area contributed by atoms with Crippen LogP contribution in [0.4, 0.5) is 4.39 Å². The van der Waals surface area contributed by atoms with Crippen molar-refractivity contribution in [3.63, 3.8) is 0 Å². The summed E-state index contributed by atoms with van der Waals surface area (Å²) in [5.74, 6) is -0.388. The molecule has 3 aromatic rings. The Morgan fingerprint density at radius 2 is 1.83 bits per heavy atom. The number of benzene rings is 2. The molecule has 1 aromatic heterocycles. The molecule has 0 bridgehead atoms. The molecule has 0 radical (unpaired) electrons. The predicted molar refractivity (Wildman–Crippen MR) is 90.5 cm³/mol. The summed E-state index contributed by atoms with van der Waals surface area (Å²) in [5.41, 5.74) is 1.56. The average Bonchev–Trinajstić information content (AvgIpc) is 2.56. The fourth-order valence-electron chi connectivity index (χ4n) is 2.73. The van der Waals surface area contributed by atoms with Gasteiger partial charge in [0.25, 0.3) is 5.56 Å². The highest BCUT2D eigenvalue weighted by Gasteiger charge is 2.13. The first-order valence-corrected chi connectivity index (χ1v) is 7.67. The van der Waals surface area contributed by atoms with Gasteiger partial charge in [-0.15, -0.1) is 0 Å². The Kier molecular flexibility index (Phi) is 4.25. The Balaban J connectivity index is 1.89. The van der Waals surface area contributed by atoms with E-state index in [1.54, 1.807) is 44.3 Å². The zero-order valence-electron chi connectivity index (χ0n) is 13.5. The normalized spacial score (nSPS) is 11.0. The van der Waals surface area contributed by atoms with E-state index < -0.39 is 0 Å². The molecule has 0 N–H and O–H groups in total. The first-order valence-electron chi connectivity index (χ1n) is 7.67. The first-order chi connectivity index (χ1) is 11.5. The second-order valence-electron chi connectivity index (χ2n) is 5.90. The largest absolute Gasteiger partial charge is 0.299 e. The van der Waals surface area contributed by atoms with Gasteiger partial charge < -0.3 is 0 Å². The molecule has 0 saturated carbocycles. The fraction of sp³-hybridized carbons (Fsp3) is 0.211. The lowest BCUT2D eigenvalue weighted by molar-refractivity contribution is -0.117. The molecule has 2 aromatic carbocycles. The van der Waals surface area contributed by atoms with Crippen LogP contribution >= 0.6 is 0 Å². The summed E-state index contributed by atoms with van der Waals surface area (Å²) in [4.78, 5) is 24.5. The van der Waals surface area contributed by atoms with Crippen molar-refractivity contribution in [1.82, 2.24) is 9.78 Å². The molecular formula is C19H17FN2O2. The molecule has 0 saturated heterocycles. The summed E-state index contributed by atoms with van der Waals surface area (Å²) >= 11 is 0. The molecule has 0 aliphatic rings. The van der Waals surface area contributed by atoms with Crippen LogP contribution in [0.3, 0.4) is 0 Å². The number of Topliss-reactive ketones (excluding diaryl/α,β-unsaturated/α-hetero) is 1. The predicted octanol–water partition coefficient (Wildman–Crippen LogP) is 2.74. The molecule has 122 valence electrons. The summed E-state index contributed by atoms with van der Waals surface area (Å²) in [7, 11) is 1.57. The molecule has 0 aliphatic carbocycles. The van der Waals surface area contributed by atoms with Gasteiger partial charge in [-0.25, -0.2) is 9.07 Å². The number of rotatable bonds is 4. The van der Waals surface area contributed by atoms with Gasteiger partial charge in [0.2, 0.25) is 0 Å². The van der Waals surface area contributed by atoms with Gasteiger partial charge in [-0.3, -0.25) is 9.59 Å². The molecule has 1 heterocycles. The highest BCUT2D eigenvalue weighted by Crippen LogP contribution is 2.15. The minimum atomic E-state index is -0.314. The number of carbonyl (C=O) groups is 1. The van der Waals surface area contributed by atoms with Crippen LogP contribution in [-0.4, -0.2) is 15.6 Å². The van der Waals surface area contributed by atoms with Crippen molar-refractivity contribution in [1.29, 1.82) is 0 Å². The Labute approximate surface area is 138 Å². The third-order valence-corrected chi connectivity index (χ3v) is 4.04.